The van der Waals surface area contributed by atoms with Crippen molar-refractivity contribution in [3.63, 3.8) is 0 Å². The van der Waals surface area contributed by atoms with Gasteiger partial charge in [-0.25, -0.2) is 8.51 Å². The number of benzene rings is 2. The number of hydrogen-bond donors (Lipinski definition) is 1. The minimum atomic E-state index is -1.12. The largest absolute Gasteiger partial charge is 0.312 e. The number of carbonyl (C=O) groups excluding carboxylic acids is 1. The number of nitrogens with zero attached hydrogens (tertiary/aromatic N) is 2. The standard InChI is InChI=1S/C22H27N3O2S/c1-21(2,3)19-23-20(26)22(24-19)12-13-25(15-22)28(27)14-11-17-9-6-8-16-7-4-5-10-18(16)17/h4-10H,11-15H2,1-3H3,(H,23,24,26). The maximum absolute atomic E-state index is 12.9. The van der Waals surface area contributed by atoms with E-state index in [-0.39, 0.29) is 11.3 Å². The second-order valence-corrected chi connectivity index (χ2v) is 10.3. The molecular weight excluding hydrogens is 370 g/mol. The van der Waals surface area contributed by atoms with Crippen LogP contribution in [0.4, 0.5) is 0 Å². The summed E-state index contributed by atoms with van der Waals surface area (Å²) in [5.41, 5.74) is 0.254. The zero-order valence-electron chi connectivity index (χ0n) is 16.7. The van der Waals surface area contributed by atoms with Crippen molar-refractivity contribution in [3.8, 4) is 0 Å². The Morgan fingerprint density at radius 3 is 2.68 bits per heavy atom. The molecule has 1 spiro atoms. The predicted molar refractivity (Wildman–Crippen MR) is 115 cm³/mol. The minimum absolute atomic E-state index is 0.0500. The Bertz CT molecular complexity index is 974. The number of aryl methyl sites for hydroxylation is 1. The lowest BCUT2D eigenvalue weighted by atomic mass is 9.95. The first-order chi connectivity index (χ1) is 13.3. The second kappa shape index (κ2) is 7.08. The molecule has 2 aliphatic heterocycles. The van der Waals surface area contributed by atoms with Crippen LogP contribution in [0.25, 0.3) is 10.8 Å². The number of amides is 1. The second-order valence-electron chi connectivity index (χ2n) is 8.72. The summed E-state index contributed by atoms with van der Waals surface area (Å²) in [4.78, 5) is 17.3. The monoisotopic (exact) mass is 397 g/mol. The summed E-state index contributed by atoms with van der Waals surface area (Å²) in [6.45, 7) is 7.19. The van der Waals surface area contributed by atoms with E-state index < -0.39 is 16.5 Å². The van der Waals surface area contributed by atoms with Gasteiger partial charge in [-0.2, -0.15) is 0 Å². The molecule has 148 valence electrons. The maximum Gasteiger partial charge on any atom is 0.254 e. The van der Waals surface area contributed by atoms with Crippen LogP contribution in [0.3, 0.4) is 0 Å². The summed E-state index contributed by atoms with van der Waals surface area (Å²) in [6, 6.07) is 14.5. The molecule has 1 amide bonds. The molecule has 0 bridgehead atoms. The molecule has 0 radical (unpaired) electrons. The summed E-state index contributed by atoms with van der Waals surface area (Å²) in [5.74, 6) is 1.24. The zero-order valence-corrected chi connectivity index (χ0v) is 17.5. The Morgan fingerprint density at radius 1 is 1.18 bits per heavy atom. The first-order valence-corrected chi connectivity index (χ1v) is 11.1. The molecule has 5 nitrogen and oxygen atoms in total. The SMILES string of the molecule is CC(C)(C)C1=NC2(CCN(S(=O)CCc3cccc4ccccc34)C2)C(=O)N1. The summed E-state index contributed by atoms with van der Waals surface area (Å²) in [5, 5.41) is 5.37. The summed E-state index contributed by atoms with van der Waals surface area (Å²) < 4.78 is 14.9. The number of fused-ring (bicyclic) bond motifs is 1. The number of nitrogens with one attached hydrogen (secondary N) is 1. The van der Waals surface area contributed by atoms with Crippen molar-refractivity contribution < 1.29 is 9.00 Å². The minimum Gasteiger partial charge on any atom is -0.312 e. The molecule has 2 aliphatic rings. The smallest absolute Gasteiger partial charge is 0.254 e. The van der Waals surface area contributed by atoms with Crippen LogP contribution < -0.4 is 5.32 Å². The van der Waals surface area contributed by atoms with Crippen LogP contribution >= 0.6 is 0 Å². The molecule has 2 heterocycles. The zero-order chi connectivity index (χ0) is 19.9. The van der Waals surface area contributed by atoms with Gasteiger partial charge in [0.25, 0.3) is 5.91 Å². The van der Waals surface area contributed by atoms with E-state index in [1.165, 1.54) is 16.3 Å². The fourth-order valence-electron chi connectivity index (χ4n) is 3.92. The first kappa shape index (κ1) is 19.3. The third kappa shape index (κ3) is 3.51. The van der Waals surface area contributed by atoms with Crippen molar-refractivity contribution >= 4 is 33.5 Å². The van der Waals surface area contributed by atoms with Crippen LogP contribution in [0.15, 0.2) is 47.5 Å². The van der Waals surface area contributed by atoms with E-state index in [9.17, 15) is 9.00 Å². The molecule has 0 aromatic heterocycles. The molecular formula is C22H27N3O2S. The molecule has 4 rings (SSSR count). The Kier molecular flexibility index (Phi) is 4.88. The van der Waals surface area contributed by atoms with E-state index in [2.05, 4.69) is 35.6 Å². The number of aliphatic imine (C=N–C) groups is 1. The number of carbonyl (C=O) groups is 1. The van der Waals surface area contributed by atoms with E-state index in [0.29, 0.717) is 25.3 Å². The molecule has 2 aromatic rings. The van der Waals surface area contributed by atoms with E-state index >= 15 is 0 Å². The predicted octanol–water partition coefficient (Wildman–Crippen LogP) is 3.06. The Hall–Kier alpha value is -2.05. The Morgan fingerprint density at radius 2 is 1.93 bits per heavy atom. The summed E-state index contributed by atoms with van der Waals surface area (Å²) >= 11 is 0. The van der Waals surface area contributed by atoms with Crippen molar-refractivity contribution in [1.82, 2.24) is 9.62 Å². The van der Waals surface area contributed by atoms with Crippen LogP contribution in [0.1, 0.15) is 32.8 Å². The quantitative estimate of drug-likeness (QED) is 0.862. The third-order valence-corrected chi connectivity index (χ3v) is 7.06. The van der Waals surface area contributed by atoms with Crippen molar-refractivity contribution in [1.29, 1.82) is 0 Å². The van der Waals surface area contributed by atoms with Gasteiger partial charge in [0, 0.05) is 24.3 Å². The lowest BCUT2D eigenvalue weighted by molar-refractivity contribution is -0.123. The van der Waals surface area contributed by atoms with Gasteiger partial charge >= 0.3 is 0 Å². The molecule has 0 aliphatic carbocycles. The van der Waals surface area contributed by atoms with Gasteiger partial charge in [0.15, 0.2) is 5.54 Å². The molecule has 2 unspecified atom stereocenters. The highest BCUT2D eigenvalue weighted by atomic mass is 32.2. The molecule has 1 N–H and O–H groups in total. The fourth-order valence-corrected chi connectivity index (χ4v) is 5.22. The van der Waals surface area contributed by atoms with E-state index in [4.69, 9.17) is 4.99 Å². The highest BCUT2D eigenvalue weighted by Crippen LogP contribution is 2.33. The molecule has 2 aromatic carbocycles. The van der Waals surface area contributed by atoms with Crippen molar-refractivity contribution in [3.05, 3.63) is 48.0 Å². The first-order valence-electron chi connectivity index (χ1n) is 9.80. The van der Waals surface area contributed by atoms with Gasteiger partial charge in [-0.1, -0.05) is 63.2 Å². The van der Waals surface area contributed by atoms with Gasteiger partial charge < -0.3 is 5.32 Å². The van der Waals surface area contributed by atoms with Crippen molar-refractivity contribution in [2.45, 2.75) is 39.2 Å². The average molecular weight is 398 g/mol. The normalized spacial score (nSPS) is 24.0. The highest BCUT2D eigenvalue weighted by Gasteiger charge is 2.51. The molecule has 28 heavy (non-hydrogen) atoms. The number of rotatable bonds is 4. The molecule has 2 atom stereocenters. The van der Waals surface area contributed by atoms with Gasteiger partial charge in [-0.3, -0.25) is 9.79 Å². The molecule has 1 saturated heterocycles. The van der Waals surface area contributed by atoms with E-state index in [1.807, 2.05) is 37.2 Å². The average Bonchev–Trinajstić information content (AvgIpc) is 3.24. The van der Waals surface area contributed by atoms with Gasteiger partial charge in [-0.15, -0.1) is 0 Å². The van der Waals surface area contributed by atoms with Gasteiger partial charge in [-0.05, 0) is 29.2 Å². The van der Waals surface area contributed by atoms with Crippen LogP contribution in [-0.4, -0.2) is 44.6 Å². The number of hydrogen-bond acceptors (Lipinski definition) is 3. The van der Waals surface area contributed by atoms with E-state index in [0.717, 1.165) is 12.3 Å². The van der Waals surface area contributed by atoms with Crippen molar-refractivity contribution in [2.75, 3.05) is 18.8 Å². The Labute approximate surface area is 168 Å². The van der Waals surface area contributed by atoms with Gasteiger partial charge in [0.1, 0.15) is 5.84 Å². The van der Waals surface area contributed by atoms with Crippen LogP contribution in [0, 0.1) is 5.41 Å². The van der Waals surface area contributed by atoms with Crippen LogP contribution in [-0.2, 0) is 22.2 Å². The highest BCUT2D eigenvalue weighted by molar-refractivity contribution is 7.82. The topological polar surface area (TPSA) is 61.8 Å². The maximum atomic E-state index is 12.9. The van der Waals surface area contributed by atoms with E-state index in [1.54, 1.807) is 0 Å². The van der Waals surface area contributed by atoms with Crippen LogP contribution in [0.5, 0.6) is 0 Å². The van der Waals surface area contributed by atoms with Gasteiger partial charge in [0.05, 0.1) is 11.0 Å². The fraction of sp³-hybridized carbons (Fsp3) is 0.455. The molecule has 6 heteroatoms. The third-order valence-electron chi connectivity index (χ3n) is 5.62. The van der Waals surface area contributed by atoms with Crippen molar-refractivity contribution in [2.24, 2.45) is 10.4 Å². The number of amidine groups is 1. The van der Waals surface area contributed by atoms with Crippen LogP contribution in [0.2, 0.25) is 0 Å². The molecule has 1 fully saturated rings. The lowest BCUT2D eigenvalue weighted by Gasteiger charge is -2.19. The summed E-state index contributed by atoms with van der Waals surface area (Å²) in [7, 11) is -1.12. The summed E-state index contributed by atoms with van der Waals surface area (Å²) in [6.07, 6.45) is 1.37. The molecule has 0 saturated carbocycles. The van der Waals surface area contributed by atoms with Gasteiger partial charge in [0.2, 0.25) is 0 Å². The lowest BCUT2D eigenvalue weighted by Crippen LogP contribution is -2.43. The Balaban J connectivity index is 1.44.